The largest absolute Gasteiger partial charge is 0.338 e. The zero-order valence-electron chi connectivity index (χ0n) is 10.0. The number of nitrogens with two attached hydrogens (primary N) is 1. The van der Waals surface area contributed by atoms with Gasteiger partial charge in [0.25, 0.3) is 5.91 Å². The SMILES string of the molecule is CC(N)C1CCN(C(=O)c2ccccc2)C1.Cl. The highest BCUT2D eigenvalue weighted by atomic mass is 35.5. The molecule has 2 atom stereocenters. The molecule has 1 aliphatic rings. The quantitative estimate of drug-likeness (QED) is 0.877. The van der Waals surface area contributed by atoms with Crippen molar-refractivity contribution in [3.63, 3.8) is 0 Å². The fourth-order valence-electron chi connectivity index (χ4n) is 2.16. The van der Waals surface area contributed by atoms with Crippen molar-refractivity contribution in [2.45, 2.75) is 19.4 Å². The molecule has 0 aromatic heterocycles. The van der Waals surface area contributed by atoms with Crippen molar-refractivity contribution in [1.29, 1.82) is 0 Å². The van der Waals surface area contributed by atoms with Crippen molar-refractivity contribution in [3.8, 4) is 0 Å². The van der Waals surface area contributed by atoms with Crippen molar-refractivity contribution in [1.82, 2.24) is 4.90 Å². The van der Waals surface area contributed by atoms with Crippen LogP contribution in [-0.2, 0) is 0 Å². The third-order valence-electron chi connectivity index (χ3n) is 3.28. The Morgan fingerprint density at radius 2 is 2.06 bits per heavy atom. The molecule has 2 rings (SSSR count). The lowest BCUT2D eigenvalue weighted by atomic mass is 10.0. The molecule has 2 N–H and O–H groups in total. The van der Waals surface area contributed by atoms with Crippen LogP contribution in [0.5, 0.6) is 0 Å². The highest BCUT2D eigenvalue weighted by molar-refractivity contribution is 5.94. The van der Waals surface area contributed by atoms with Crippen LogP contribution >= 0.6 is 12.4 Å². The summed E-state index contributed by atoms with van der Waals surface area (Å²) >= 11 is 0. The monoisotopic (exact) mass is 254 g/mol. The van der Waals surface area contributed by atoms with Crippen molar-refractivity contribution in [2.75, 3.05) is 13.1 Å². The molecule has 1 saturated heterocycles. The number of halogens is 1. The maximum absolute atomic E-state index is 12.1. The van der Waals surface area contributed by atoms with E-state index >= 15 is 0 Å². The Morgan fingerprint density at radius 3 is 2.59 bits per heavy atom. The standard InChI is InChI=1S/C13H18N2O.ClH/c1-10(14)12-7-8-15(9-12)13(16)11-5-3-2-4-6-11;/h2-6,10,12H,7-9,14H2,1H3;1H. The van der Waals surface area contributed by atoms with Crippen molar-refractivity contribution < 1.29 is 4.79 Å². The van der Waals surface area contributed by atoms with E-state index in [1.165, 1.54) is 0 Å². The average Bonchev–Trinajstić information content (AvgIpc) is 2.78. The molecule has 0 radical (unpaired) electrons. The number of rotatable bonds is 2. The molecule has 1 aromatic rings. The Bertz CT molecular complexity index is 367. The average molecular weight is 255 g/mol. The maximum Gasteiger partial charge on any atom is 0.253 e. The normalized spacial score (nSPS) is 20.8. The minimum absolute atomic E-state index is 0. The summed E-state index contributed by atoms with van der Waals surface area (Å²) in [6, 6.07) is 9.61. The first-order valence-electron chi connectivity index (χ1n) is 5.78. The number of carbonyl (C=O) groups is 1. The van der Waals surface area contributed by atoms with Gasteiger partial charge in [-0.3, -0.25) is 4.79 Å². The van der Waals surface area contributed by atoms with E-state index in [-0.39, 0.29) is 24.4 Å². The van der Waals surface area contributed by atoms with Gasteiger partial charge in [-0.25, -0.2) is 0 Å². The zero-order chi connectivity index (χ0) is 11.5. The van der Waals surface area contributed by atoms with E-state index in [0.717, 1.165) is 25.1 Å². The van der Waals surface area contributed by atoms with E-state index in [4.69, 9.17) is 5.73 Å². The Kier molecular flexibility index (Phi) is 4.97. The molecule has 4 heteroatoms. The maximum atomic E-state index is 12.1. The summed E-state index contributed by atoms with van der Waals surface area (Å²) in [6.07, 6.45) is 1.02. The van der Waals surface area contributed by atoms with E-state index in [2.05, 4.69) is 0 Å². The Labute approximate surface area is 108 Å². The lowest BCUT2D eigenvalue weighted by Gasteiger charge is -2.18. The van der Waals surface area contributed by atoms with Crippen LogP contribution in [0.25, 0.3) is 0 Å². The number of hydrogen-bond acceptors (Lipinski definition) is 2. The minimum Gasteiger partial charge on any atom is -0.338 e. The van der Waals surface area contributed by atoms with Crippen LogP contribution in [0.3, 0.4) is 0 Å². The molecule has 1 fully saturated rings. The van der Waals surface area contributed by atoms with Crippen LogP contribution in [0.1, 0.15) is 23.7 Å². The van der Waals surface area contributed by atoms with E-state index in [9.17, 15) is 4.79 Å². The topological polar surface area (TPSA) is 46.3 Å². The fourth-order valence-corrected chi connectivity index (χ4v) is 2.16. The molecule has 0 aliphatic carbocycles. The van der Waals surface area contributed by atoms with Gasteiger partial charge in [-0.05, 0) is 31.4 Å². The second-order valence-corrected chi connectivity index (χ2v) is 4.53. The molecule has 1 heterocycles. The zero-order valence-corrected chi connectivity index (χ0v) is 10.8. The fraction of sp³-hybridized carbons (Fsp3) is 0.462. The first kappa shape index (κ1) is 14.0. The van der Waals surface area contributed by atoms with E-state index in [1.807, 2.05) is 42.2 Å². The summed E-state index contributed by atoms with van der Waals surface area (Å²) < 4.78 is 0. The molecule has 94 valence electrons. The van der Waals surface area contributed by atoms with Gasteiger partial charge in [0.15, 0.2) is 0 Å². The number of likely N-dealkylation sites (tertiary alicyclic amines) is 1. The molecule has 0 saturated carbocycles. The first-order valence-corrected chi connectivity index (χ1v) is 5.78. The highest BCUT2D eigenvalue weighted by Crippen LogP contribution is 2.20. The highest BCUT2D eigenvalue weighted by Gasteiger charge is 2.28. The lowest BCUT2D eigenvalue weighted by molar-refractivity contribution is 0.0786. The van der Waals surface area contributed by atoms with Crippen molar-refractivity contribution in [3.05, 3.63) is 35.9 Å². The second kappa shape index (κ2) is 6.03. The number of benzene rings is 1. The summed E-state index contributed by atoms with van der Waals surface area (Å²) in [7, 11) is 0. The van der Waals surface area contributed by atoms with Crippen LogP contribution in [0.4, 0.5) is 0 Å². The molecule has 0 spiro atoms. The molecule has 3 nitrogen and oxygen atoms in total. The van der Waals surface area contributed by atoms with Gasteiger partial charge in [0.1, 0.15) is 0 Å². The molecular formula is C13H19ClN2O. The van der Waals surface area contributed by atoms with Gasteiger partial charge >= 0.3 is 0 Å². The number of hydrogen-bond donors (Lipinski definition) is 1. The van der Waals surface area contributed by atoms with Gasteiger partial charge < -0.3 is 10.6 Å². The summed E-state index contributed by atoms with van der Waals surface area (Å²) in [5.41, 5.74) is 6.63. The molecule has 0 bridgehead atoms. The second-order valence-electron chi connectivity index (χ2n) is 4.53. The summed E-state index contributed by atoms with van der Waals surface area (Å²) in [5.74, 6) is 0.580. The van der Waals surface area contributed by atoms with Gasteiger partial charge in [-0.15, -0.1) is 12.4 Å². The van der Waals surface area contributed by atoms with Crippen LogP contribution in [0, 0.1) is 5.92 Å². The predicted octanol–water partition coefficient (Wildman–Crippen LogP) is 1.92. The molecule has 1 aromatic carbocycles. The smallest absolute Gasteiger partial charge is 0.253 e. The van der Waals surface area contributed by atoms with E-state index < -0.39 is 0 Å². The first-order chi connectivity index (χ1) is 7.68. The summed E-state index contributed by atoms with van der Waals surface area (Å²) in [5, 5.41) is 0. The summed E-state index contributed by atoms with van der Waals surface area (Å²) in [6.45, 7) is 3.65. The van der Waals surface area contributed by atoms with Gasteiger partial charge in [0.05, 0.1) is 0 Å². The van der Waals surface area contributed by atoms with Gasteiger partial charge in [0, 0.05) is 24.7 Å². The van der Waals surface area contributed by atoms with Gasteiger partial charge in [-0.2, -0.15) is 0 Å². The number of carbonyl (C=O) groups excluding carboxylic acids is 1. The number of amides is 1. The Morgan fingerprint density at radius 1 is 1.41 bits per heavy atom. The Balaban J connectivity index is 0.00000144. The number of nitrogens with zero attached hydrogens (tertiary/aromatic N) is 1. The third kappa shape index (κ3) is 3.20. The predicted molar refractivity (Wildman–Crippen MR) is 71.3 cm³/mol. The molecule has 1 aliphatic heterocycles. The van der Waals surface area contributed by atoms with Gasteiger partial charge in [0.2, 0.25) is 0 Å². The van der Waals surface area contributed by atoms with Gasteiger partial charge in [-0.1, -0.05) is 18.2 Å². The molecule has 1 amide bonds. The lowest BCUT2D eigenvalue weighted by Crippen LogP contribution is -2.32. The Hall–Kier alpha value is -1.06. The van der Waals surface area contributed by atoms with Crippen LogP contribution < -0.4 is 5.73 Å². The third-order valence-corrected chi connectivity index (χ3v) is 3.28. The van der Waals surface area contributed by atoms with Crippen LogP contribution in [0.15, 0.2) is 30.3 Å². The van der Waals surface area contributed by atoms with Crippen molar-refractivity contribution >= 4 is 18.3 Å². The summed E-state index contributed by atoms with van der Waals surface area (Å²) in [4.78, 5) is 14.0. The van der Waals surface area contributed by atoms with E-state index in [1.54, 1.807) is 0 Å². The molecular weight excluding hydrogens is 236 g/mol. The van der Waals surface area contributed by atoms with E-state index in [0.29, 0.717) is 5.92 Å². The minimum atomic E-state index is 0. The van der Waals surface area contributed by atoms with Crippen LogP contribution in [-0.4, -0.2) is 29.9 Å². The molecule has 17 heavy (non-hydrogen) atoms. The van der Waals surface area contributed by atoms with Crippen molar-refractivity contribution in [2.24, 2.45) is 11.7 Å². The molecule has 2 unspecified atom stereocenters. The van der Waals surface area contributed by atoms with Crippen LogP contribution in [0.2, 0.25) is 0 Å².